The maximum absolute atomic E-state index is 13.0. The monoisotopic (exact) mass is 364 g/mol. The summed E-state index contributed by atoms with van der Waals surface area (Å²) in [5.41, 5.74) is 0.397. The molecule has 5 nitrogen and oxygen atoms in total. The molecule has 2 unspecified atom stereocenters. The van der Waals surface area contributed by atoms with Crippen molar-refractivity contribution in [1.82, 2.24) is 10.2 Å². The molecule has 2 aliphatic carbocycles. The molecule has 0 aromatic rings. The smallest absolute Gasteiger partial charge is 0.247 e. The van der Waals surface area contributed by atoms with E-state index >= 15 is 0 Å². The van der Waals surface area contributed by atoms with Crippen molar-refractivity contribution in [3.63, 3.8) is 0 Å². The van der Waals surface area contributed by atoms with E-state index in [4.69, 9.17) is 4.74 Å². The summed E-state index contributed by atoms with van der Waals surface area (Å²) in [6.07, 6.45) is 9.82. The first-order valence-corrected chi connectivity index (χ1v) is 10.6. The summed E-state index contributed by atoms with van der Waals surface area (Å²) in [5, 5.41) is 2.96. The number of hydrogen-bond acceptors (Lipinski definition) is 3. The highest BCUT2D eigenvalue weighted by atomic mass is 16.5. The molecule has 3 aliphatic rings. The van der Waals surface area contributed by atoms with Crippen LogP contribution in [0.2, 0.25) is 0 Å². The quantitative estimate of drug-likeness (QED) is 0.755. The summed E-state index contributed by atoms with van der Waals surface area (Å²) in [6, 6.07) is -0.564. The van der Waals surface area contributed by atoms with Crippen molar-refractivity contribution in [2.24, 2.45) is 17.3 Å². The van der Waals surface area contributed by atoms with Crippen molar-refractivity contribution in [3.05, 3.63) is 0 Å². The molecule has 2 atom stereocenters. The molecular weight excluding hydrogens is 328 g/mol. The third-order valence-electron chi connectivity index (χ3n) is 6.66. The number of carbonyl (C=O) groups excluding carboxylic acids is 2. The Morgan fingerprint density at radius 2 is 1.73 bits per heavy atom. The molecule has 1 saturated heterocycles. The molecule has 0 bridgehead atoms. The zero-order chi connectivity index (χ0) is 18.7. The molecule has 1 aliphatic heterocycles. The minimum Gasteiger partial charge on any atom is -0.376 e. The first-order chi connectivity index (χ1) is 12.4. The van der Waals surface area contributed by atoms with Crippen molar-refractivity contribution in [1.29, 1.82) is 0 Å². The highest BCUT2D eigenvalue weighted by molar-refractivity contribution is 5.89. The maximum atomic E-state index is 13.0. The maximum Gasteiger partial charge on any atom is 0.247 e. The van der Waals surface area contributed by atoms with Crippen molar-refractivity contribution >= 4 is 11.8 Å². The van der Waals surface area contributed by atoms with Crippen LogP contribution in [0.4, 0.5) is 0 Å². The third kappa shape index (κ3) is 4.41. The Bertz CT molecular complexity index is 501. The van der Waals surface area contributed by atoms with Gasteiger partial charge in [-0.15, -0.1) is 0 Å². The molecular formula is C21H36N2O3. The second-order valence-electron chi connectivity index (χ2n) is 9.23. The minimum absolute atomic E-state index is 0.0349. The highest BCUT2D eigenvalue weighted by Gasteiger charge is 2.50. The van der Waals surface area contributed by atoms with Crippen LogP contribution in [-0.4, -0.2) is 48.6 Å². The van der Waals surface area contributed by atoms with Crippen molar-refractivity contribution in [2.75, 3.05) is 19.7 Å². The van der Waals surface area contributed by atoms with E-state index < -0.39 is 6.04 Å². The Kier molecular flexibility index (Phi) is 6.26. The first kappa shape index (κ1) is 19.7. The average molecular weight is 365 g/mol. The van der Waals surface area contributed by atoms with Crippen LogP contribution in [0.5, 0.6) is 0 Å². The lowest BCUT2D eigenvalue weighted by atomic mass is 9.63. The molecule has 3 rings (SSSR count). The van der Waals surface area contributed by atoms with Crippen LogP contribution in [0, 0.1) is 17.3 Å². The molecule has 0 aromatic heterocycles. The van der Waals surface area contributed by atoms with Gasteiger partial charge in [-0.25, -0.2) is 0 Å². The number of likely N-dealkylation sites (tertiary alicyclic amines) is 1. The van der Waals surface area contributed by atoms with Gasteiger partial charge in [-0.1, -0.05) is 39.5 Å². The second-order valence-corrected chi connectivity index (χ2v) is 9.23. The number of nitrogens with one attached hydrogen (secondary N) is 1. The molecule has 148 valence electrons. The Balaban J connectivity index is 1.56. The first-order valence-electron chi connectivity index (χ1n) is 10.6. The zero-order valence-electron chi connectivity index (χ0n) is 16.8. The summed E-state index contributed by atoms with van der Waals surface area (Å²) >= 11 is 0. The van der Waals surface area contributed by atoms with E-state index in [1.54, 1.807) is 0 Å². The van der Waals surface area contributed by atoms with Gasteiger partial charge in [0, 0.05) is 31.0 Å². The lowest BCUT2D eigenvalue weighted by Gasteiger charge is -2.56. The number of carbonyl (C=O) groups is 2. The van der Waals surface area contributed by atoms with Gasteiger partial charge in [-0.05, 0) is 38.5 Å². The fraction of sp³-hybridized carbons (Fsp3) is 0.905. The number of rotatable bonds is 7. The molecule has 2 saturated carbocycles. The number of amides is 2. The molecule has 2 amide bonds. The van der Waals surface area contributed by atoms with Gasteiger partial charge in [0.25, 0.3) is 0 Å². The van der Waals surface area contributed by atoms with Crippen molar-refractivity contribution < 1.29 is 14.3 Å². The van der Waals surface area contributed by atoms with Crippen molar-refractivity contribution in [3.8, 4) is 0 Å². The summed E-state index contributed by atoms with van der Waals surface area (Å²) < 4.78 is 6.09. The SMILES string of the molecule is CC(C)C(=O)NC(C(=O)N1CC2(CCC2)C1)C(C)OCC1CCCCC1. The predicted octanol–water partition coefficient (Wildman–Crippen LogP) is 3.13. The van der Waals surface area contributed by atoms with Crippen LogP contribution in [0.25, 0.3) is 0 Å². The van der Waals surface area contributed by atoms with Gasteiger partial charge < -0.3 is 15.0 Å². The van der Waals surface area contributed by atoms with E-state index in [0.717, 1.165) is 13.1 Å². The molecule has 5 heteroatoms. The summed E-state index contributed by atoms with van der Waals surface area (Å²) in [4.78, 5) is 27.2. The molecule has 0 aromatic carbocycles. The number of nitrogens with zero attached hydrogens (tertiary/aromatic N) is 1. The standard InChI is InChI=1S/C21H36N2O3/c1-15(2)19(24)22-18(16(3)26-12-17-8-5-4-6-9-17)20(25)23-13-21(14-23)10-7-11-21/h15-18H,4-14H2,1-3H3,(H,22,24). The van der Waals surface area contributed by atoms with E-state index in [1.165, 1.54) is 51.4 Å². The van der Waals surface area contributed by atoms with Gasteiger partial charge in [0.1, 0.15) is 6.04 Å². The third-order valence-corrected chi connectivity index (χ3v) is 6.66. The van der Waals surface area contributed by atoms with Gasteiger partial charge >= 0.3 is 0 Å². The van der Waals surface area contributed by atoms with Gasteiger partial charge in [-0.2, -0.15) is 0 Å². The van der Waals surface area contributed by atoms with Gasteiger partial charge in [0.2, 0.25) is 11.8 Å². The number of hydrogen-bond donors (Lipinski definition) is 1. The van der Waals surface area contributed by atoms with Crippen LogP contribution < -0.4 is 5.32 Å². The normalized spacial score (nSPS) is 24.7. The Hall–Kier alpha value is -1.10. The lowest BCUT2D eigenvalue weighted by molar-refractivity contribution is -0.157. The van der Waals surface area contributed by atoms with Crippen LogP contribution >= 0.6 is 0 Å². The van der Waals surface area contributed by atoms with E-state index in [0.29, 0.717) is 17.9 Å². The van der Waals surface area contributed by atoms with Gasteiger partial charge in [0.15, 0.2) is 0 Å². The van der Waals surface area contributed by atoms with Crippen LogP contribution in [0.1, 0.15) is 72.1 Å². The van der Waals surface area contributed by atoms with E-state index in [1.807, 2.05) is 25.7 Å². The fourth-order valence-electron chi connectivity index (χ4n) is 4.55. The fourth-order valence-corrected chi connectivity index (χ4v) is 4.55. The molecule has 3 fully saturated rings. The largest absolute Gasteiger partial charge is 0.376 e. The van der Waals surface area contributed by atoms with E-state index in [-0.39, 0.29) is 23.8 Å². The predicted molar refractivity (Wildman–Crippen MR) is 102 cm³/mol. The molecule has 26 heavy (non-hydrogen) atoms. The van der Waals surface area contributed by atoms with Crippen molar-refractivity contribution in [2.45, 2.75) is 84.3 Å². The molecule has 0 radical (unpaired) electrons. The molecule has 1 heterocycles. The molecule has 1 spiro atoms. The Labute approximate surface area is 158 Å². The highest BCUT2D eigenvalue weighted by Crippen LogP contribution is 2.48. The molecule has 1 N–H and O–H groups in total. The Morgan fingerprint density at radius 1 is 1.08 bits per heavy atom. The van der Waals surface area contributed by atoms with Crippen LogP contribution in [0.3, 0.4) is 0 Å². The van der Waals surface area contributed by atoms with Crippen LogP contribution in [0.15, 0.2) is 0 Å². The zero-order valence-corrected chi connectivity index (χ0v) is 16.8. The second kappa shape index (κ2) is 8.28. The van der Waals surface area contributed by atoms with Crippen LogP contribution in [-0.2, 0) is 14.3 Å². The average Bonchev–Trinajstić information content (AvgIpc) is 2.55. The Morgan fingerprint density at radius 3 is 2.27 bits per heavy atom. The lowest BCUT2D eigenvalue weighted by Crippen LogP contribution is -2.66. The van der Waals surface area contributed by atoms with E-state index in [9.17, 15) is 9.59 Å². The van der Waals surface area contributed by atoms with E-state index in [2.05, 4.69) is 5.32 Å². The van der Waals surface area contributed by atoms with Gasteiger partial charge in [-0.3, -0.25) is 9.59 Å². The minimum atomic E-state index is -0.564. The van der Waals surface area contributed by atoms with Gasteiger partial charge in [0.05, 0.1) is 6.10 Å². The number of ether oxygens (including phenoxy) is 1. The summed E-state index contributed by atoms with van der Waals surface area (Å²) in [5.74, 6) is 0.429. The topological polar surface area (TPSA) is 58.6 Å². The summed E-state index contributed by atoms with van der Waals surface area (Å²) in [7, 11) is 0. The summed E-state index contributed by atoms with van der Waals surface area (Å²) in [6.45, 7) is 8.07.